The van der Waals surface area contributed by atoms with Gasteiger partial charge in [0.15, 0.2) is 0 Å². The maximum absolute atomic E-state index is 13.2. The van der Waals surface area contributed by atoms with Crippen LogP contribution in [0.25, 0.3) is 0 Å². The summed E-state index contributed by atoms with van der Waals surface area (Å²) >= 11 is 0. The van der Waals surface area contributed by atoms with E-state index in [9.17, 15) is 4.79 Å². The summed E-state index contributed by atoms with van der Waals surface area (Å²) < 4.78 is 5.55. The van der Waals surface area contributed by atoms with E-state index < -0.39 is 0 Å². The monoisotopic (exact) mass is 457 g/mol. The Bertz CT molecular complexity index is 662. The van der Waals surface area contributed by atoms with Gasteiger partial charge in [-0.05, 0) is 62.3 Å². The van der Waals surface area contributed by atoms with Gasteiger partial charge in [0.2, 0.25) is 0 Å². The fourth-order valence-corrected chi connectivity index (χ4v) is 5.92. The number of piperidine rings is 1. The number of rotatable bonds is 12. The molecular weight excluding hydrogens is 410 g/mol. The Hall–Kier alpha value is -1.59. The minimum absolute atomic E-state index is 0.0918. The number of nitrogens with two attached hydrogens (primary N) is 1. The van der Waals surface area contributed by atoms with Crippen LogP contribution in [0.2, 0.25) is 0 Å². The highest BCUT2D eigenvalue weighted by atomic mass is 16.5. The van der Waals surface area contributed by atoms with Crippen LogP contribution in [0.5, 0.6) is 0 Å². The van der Waals surface area contributed by atoms with Crippen LogP contribution in [0.4, 0.5) is 4.79 Å². The number of hydrogen-bond donors (Lipinski definition) is 2. The van der Waals surface area contributed by atoms with Gasteiger partial charge in [-0.1, -0.05) is 68.9 Å². The molecule has 1 heterocycles. The zero-order valence-electron chi connectivity index (χ0n) is 20.9. The lowest BCUT2D eigenvalue weighted by Gasteiger charge is -2.38. The summed E-state index contributed by atoms with van der Waals surface area (Å²) in [6.45, 7) is 5.93. The van der Waals surface area contributed by atoms with Gasteiger partial charge in [0.05, 0.1) is 0 Å². The van der Waals surface area contributed by atoms with E-state index in [0.29, 0.717) is 18.4 Å². The maximum atomic E-state index is 13.2. The SMILES string of the molecule is CCOCCCC[C@@H](c1ccccc1)[C@@H]1CCCN(C(=O)NC(CN)CC2CCCCC2)C1. The number of benzene rings is 1. The van der Waals surface area contributed by atoms with Crippen LogP contribution in [0, 0.1) is 11.8 Å². The Kier molecular flexibility index (Phi) is 11.5. The third kappa shape index (κ3) is 8.60. The molecule has 0 bridgehead atoms. The summed E-state index contributed by atoms with van der Waals surface area (Å²) in [4.78, 5) is 15.3. The van der Waals surface area contributed by atoms with Gasteiger partial charge >= 0.3 is 6.03 Å². The van der Waals surface area contributed by atoms with Crippen LogP contribution in [-0.4, -0.2) is 49.8 Å². The number of carbonyl (C=O) groups excluding carboxylic acids is 1. The first-order chi connectivity index (χ1) is 16.2. The lowest BCUT2D eigenvalue weighted by atomic mass is 9.78. The highest BCUT2D eigenvalue weighted by molar-refractivity contribution is 5.74. The zero-order chi connectivity index (χ0) is 23.3. The summed E-state index contributed by atoms with van der Waals surface area (Å²) in [6.07, 6.45) is 13.3. The van der Waals surface area contributed by atoms with Crippen molar-refractivity contribution < 1.29 is 9.53 Å². The van der Waals surface area contributed by atoms with Crippen LogP contribution >= 0.6 is 0 Å². The molecule has 3 atom stereocenters. The number of nitrogens with zero attached hydrogens (tertiary/aromatic N) is 1. The molecule has 3 N–H and O–H groups in total. The van der Waals surface area contributed by atoms with Crippen LogP contribution in [0.1, 0.15) is 89.0 Å². The van der Waals surface area contributed by atoms with E-state index in [1.165, 1.54) is 50.5 Å². The number of unbranched alkanes of at least 4 members (excludes halogenated alkanes) is 1. The topological polar surface area (TPSA) is 67.6 Å². The first-order valence-corrected chi connectivity index (χ1v) is 13.6. The van der Waals surface area contributed by atoms with Crippen LogP contribution in [0.15, 0.2) is 30.3 Å². The predicted octanol–water partition coefficient (Wildman–Crippen LogP) is 5.70. The highest BCUT2D eigenvalue weighted by Crippen LogP contribution is 2.36. The average molecular weight is 458 g/mol. The van der Waals surface area contributed by atoms with Crippen molar-refractivity contribution in [1.29, 1.82) is 0 Å². The number of urea groups is 1. The first kappa shape index (κ1) is 26.0. The number of likely N-dealkylation sites (tertiary alicyclic amines) is 1. The molecule has 33 heavy (non-hydrogen) atoms. The van der Waals surface area contributed by atoms with Crippen molar-refractivity contribution >= 4 is 6.03 Å². The molecule has 186 valence electrons. The van der Waals surface area contributed by atoms with Crippen LogP contribution < -0.4 is 11.1 Å². The number of nitrogens with one attached hydrogen (secondary N) is 1. The Morgan fingerprint density at radius 2 is 1.91 bits per heavy atom. The molecule has 2 aliphatic rings. The van der Waals surface area contributed by atoms with E-state index in [4.69, 9.17) is 10.5 Å². The van der Waals surface area contributed by atoms with Crippen LogP contribution in [0.3, 0.4) is 0 Å². The van der Waals surface area contributed by atoms with E-state index in [2.05, 4.69) is 47.5 Å². The largest absolute Gasteiger partial charge is 0.382 e. The molecule has 5 nitrogen and oxygen atoms in total. The van der Waals surface area contributed by atoms with Gasteiger partial charge in [-0.2, -0.15) is 0 Å². The predicted molar refractivity (Wildman–Crippen MR) is 136 cm³/mol. The quantitative estimate of drug-likeness (QED) is 0.396. The Morgan fingerprint density at radius 3 is 2.64 bits per heavy atom. The van der Waals surface area contributed by atoms with E-state index in [-0.39, 0.29) is 12.1 Å². The van der Waals surface area contributed by atoms with Gasteiger partial charge in [0.1, 0.15) is 0 Å². The Balaban J connectivity index is 1.56. The standard InChI is InChI=1S/C28H47N3O2/c1-2-33-19-10-9-17-27(24-14-7-4-8-15-24)25-16-11-18-31(22-25)28(32)30-26(21-29)20-23-12-5-3-6-13-23/h4,7-8,14-15,23,25-27H,2-3,5-6,9-13,16-22,29H2,1H3,(H,30,32)/t25-,26?,27+/m1/s1. The fourth-order valence-electron chi connectivity index (χ4n) is 5.92. The minimum atomic E-state index is 0.0918. The molecule has 1 saturated carbocycles. The van der Waals surface area contributed by atoms with Gasteiger partial charge < -0.3 is 20.7 Å². The van der Waals surface area contributed by atoms with Gasteiger partial charge in [-0.25, -0.2) is 4.79 Å². The van der Waals surface area contributed by atoms with Gasteiger partial charge in [0, 0.05) is 38.9 Å². The van der Waals surface area contributed by atoms with Crippen LogP contribution in [-0.2, 0) is 4.74 Å². The van der Waals surface area contributed by atoms with Crippen molar-refractivity contribution in [2.75, 3.05) is 32.8 Å². The number of carbonyl (C=O) groups is 1. The Labute approximate surface area is 201 Å². The third-order valence-electron chi connectivity index (χ3n) is 7.75. The molecule has 1 aromatic rings. The lowest BCUT2D eigenvalue weighted by molar-refractivity contribution is 0.136. The maximum Gasteiger partial charge on any atom is 0.317 e. The smallest absolute Gasteiger partial charge is 0.317 e. The van der Waals surface area contributed by atoms with E-state index in [1.54, 1.807) is 0 Å². The van der Waals surface area contributed by atoms with Crippen molar-refractivity contribution in [2.45, 2.75) is 89.5 Å². The second-order valence-electron chi connectivity index (χ2n) is 10.2. The molecular formula is C28H47N3O2. The van der Waals surface area contributed by atoms with E-state index >= 15 is 0 Å². The van der Waals surface area contributed by atoms with Crippen molar-refractivity contribution in [1.82, 2.24) is 10.2 Å². The summed E-state index contributed by atoms with van der Waals surface area (Å²) in [5.41, 5.74) is 7.48. The molecule has 0 radical (unpaired) electrons. The summed E-state index contributed by atoms with van der Waals surface area (Å²) in [5, 5.41) is 3.29. The molecule has 5 heteroatoms. The Morgan fingerprint density at radius 1 is 1.12 bits per heavy atom. The molecule has 2 amide bonds. The molecule has 1 aromatic carbocycles. The minimum Gasteiger partial charge on any atom is -0.382 e. The van der Waals surface area contributed by atoms with E-state index in [0.717, 1.165) is 57.9 Å². The van der Waals surface area contributed by atoms with Crippen molar-refractivity contribution in [3.8, 4) is 0 Å². The highest BCUT2D eigenvalue weighted by Gasteiger charge is 2.31. The number of hydrogen-bond acceptors (Lipinski definition) is 3. The van der Waals surface area contributed by atoms with E-state index in [1.807, 2.05) is 0 Å². The van der Waals surface area contributed by atoms with Gasteiger partial charge in [0.25, 0.3) is 0 Å². The second-order valence-corrected chi connectivity index (χ2v) is 10.2. The molecule has 0 aromatic heterocycles. The molecule has 2 fully saturated rings. The third-order valence-corrected chi connectivity index (χ3v) is 7.75. The van der Waals surface area contributed by atoms with Gasteiger partial charge in [-0.15, -0.1) is 0 Å². The van der Waals surface area contributed by atoms with Crippen molar-refractivity contribution in [3.05, 3.63) is 35.9 Å². The zero-order valence-corrected chi connectivity index (χ0v) is 20.9. The summed E-state index contributed by atoms with van der Waals surface area (Å²) in [6, 6.07) is 11.1. The van der Waals surface area contributed by atoms with Crippen molar-refractivity contribution in [3.63, 3.8) is 0 Å². The fraction of sp³-hybridized carbons (Fsp3) is 0.750. The first-order valence-electron chi connectivity index (χ1n) is 13.6. The molecule has 1 aliphatic heterocycles. The summed E-state index contributed by atoms with van der Waals surface area (Å²) in [5.74, 6) is 1.73. The van der Waals surface area contributed by atoms with Crippen molar-refractivity contribution in [2.24, 2.45) is 17.6 Å². The second kappa shape index (κ2) is 14.6. The number of ether oxygens (including phenoxy) is 1. The molecule has 1 saturated heterocycles. The molecule has 1 aliphatic carbocycles. The molecule has 0 spiro atoms. The molecule has 3 rings (SSSR count). The average Bonchev–Trinajstić information content (AvgIpc) is 2.87. The normalized spacial score (nSPS) is 21.5. The lowest BCUT2D eigenvalue weighted by Crippen LogP contribution is -2.51. The summed E-state index contributed by atoms with van der Waals surface area (Å²) in [7, 11) is 0. The molecule has 1 unspecified atom stereocenters. The number of amides is 2. The van der Waals surface area contributed by atoms with Gasteiger partial charge in [-0.3, -0.25) is 0 Å².